The van der Waals surface area contributed by atoms with E-state index in [-0.39, 0.29) is 5.82 Å². The van der Waals surface area contributed by atoms with Gasteiger partial charge in [-0.3, -0.25) is 4.98 Å². The molecule has 0 N–H and O–H groups in total. The minimum atomic E-state index is -0.265. The largest absolute Gasteiger partial charge is 0.256 e. The summed E-state index contributed by atoms with van der Waals surface area (Å²) in [5, 5.41) is 8.60. The highest BCUT2D eigenvalue weighted by atomic mass is 35.5. The highest BCUT2D eigenvalue weighted by Gasteiger charge is 2.08. The van der Waals surface area contributed by atoms with Crippen molar-refractivity contribution in [1.82, 2.24) is 20.0 Å². The molecule has 3 rings (SSSR count). The maximum atomic E-state index is 13.7. The number of fused-ring (bicyclic) bond motifs is 1. The van der Waals surface area contributed by atoms with Crippen molar-refractivity contribution >= 4 is 22.5 Å². The summed E-state index contributed by atoms with van der Waals surface area (Å²) in [4.78, 5) is 4.26. The lowest BCUT2D eigenvalue weighted by atomic mass is 10.1. The predicted octanol–water partition coefficient (Wildman–Crippen LogP) is 2.80. The van der Waals surface area contributed by atoms with E-state index >= 15 is 0 Å². The minimum absolute atomic E-state index is 0.265. The number of benzene rings is 1. The predicted molar refractivity (Wildman–Crippen MR) is 75.2 cm³/mol. The number of rotatable bonds is 4. The molecule has 0 saturated carbocycles. The Morgan fingerprint density at radius 2 is 2.15 bits per heavy atom. The maximum absolute atomic E-state index is 13.7. The Labute approximate surface area is 120 Å². The summed E-state index contributed by atoms with van der Waals surface area (Å²) in [7, 11) is 0. The zero-order valence-corrected chi connectivity index (χ0v) is 11.4. The van der Waals surface area contributed by atoms with Crippen molar-refractivity contribution in [1.29, 1.82) is 0 Å². The summed E-state index contributed by atoms with van der Waals surface area (Å²) in [6.07, 6.45) is 4.19. The maximum Gasteiger partial charge on any atom is 0.132 e. The number of alkyl halides is 1. The van der Waals surface area contributed by atoms with Gasteiger partial charge in [0, 0.05) is 35.6 Å². The van der Waals surface area contributed by atoms with Crippen LogP contribution in [-0.2, 0) is 13.0 Å². The number of pyridine rings is 1. The molecule has 0 amide bonds. The molecule has 2 heterocycles. The van der Waals surface area contributed by atoms with Gasteiger partial charge >= 0.3 is 0 Å². The lowest BCUT2D eigenvalue weighted by Gasteiger charge is -2.06. The van der Waals surface area contributed by atoms with Crippen LogP contribution in [0.5, 0.6) is 0 Å². The average Bonchev–Trinajstić information content (AvgIpc) is 2.90. The zero-order chi connectivity index (χ0) is 13.9. The molecule has 1 aromatic carbocycles. The van der Waals surface area contributed by atoms with Crippen LogP contribution in [-0.4, -0.2) is 25.9 Å². The Morgan fingerprint density at radius 1 is 1.25 bits per heavy atom. The van der Waals surface area contributed by atoms with E-state index in [0.29, 0.717) is 29.7 Å². The molecule has 2 aromatic heterocycles. The van der Waals surface area contributed by atoms with Crippen molar-refractivity contribution < 1.29 is 4.39 Å². The Bertz CT molecular complexity index is 741. The molecule has 0 radical (unpaired) electrons. The van der Waals surface area contributed by atoms with Gasteiger partial charge in [-0.05, 0) is 18.2 Å². The average molecular weight is 291 g/mol. The van der Waals surface area contributed by atoms with Gasteiger partial charge in [-0.1, -0.05) is 11.3 Å². The molecule has 0 unspecified atom stereocenters. The normalized spacial score (nSPS) is 11.1. The SMILES string of the molecule is Fc1ccc(Cn2cc(CCCl)nn2)c2ncccc12. The Hall–Kier alpha value is -2.01. The summed E-state index contributed by atoms with van der Waals surface area (Å²) in [5.41, 5.74) is 2.41. The molecule has 102 valence electrons. The fraction of sp³-hybridized carbons (Fsp3) is 0.214. The number of nitrogens with zero attached hydrogens (tertiary/aromatic N) is 4. The first-order valence-corrected chi connectivity index (χ1v) is 6.78. The van der Waals surface area contributed by atoms with Gasteiger partial charge in [0.05, 0.1) is 17.8 Å². The van der Waals surface area contributed by atoms with E-state index in [4.69, 9.17) is 11.6 Å². The van der Waals surface area contributed by atoms with Gasteiger partial charge in [-0.2, -0.15) is 0 Å². The molecule has 20 heavy (non-hydrogen) atoms. The molecule has 3 aromatic rings. The first-order valence-electron chi connectivity index (χ1n) is 6.25. The fourth-order valence-corrected chi connectivity index (χ4v) is 2.32. The number of hydrogen-bond donors (Lipinski definition) is 0. The van der Waals surface area contributed by atoms with Crippen LogP contribution in [0.25, 0.3) is 10.9 Å². The third-order valence-corrected chi connectivity index (χ3v) is 3.26. The van der Waals surface area contributed by atoms with Gasteiger partial charge < -0.3 is 0 Å². The molecule has 0 spiro atoms. The summed E-state index contributed by atoms with van der Waals surface area (Å²) in [6, 6.07) is 6.63. The number of halogens is 2. The van der Waals surface area contributed by atoms with E-state index in [2.05, 4.69) is 15.3 Å². The van der Waals surface area contributed by atoms with Crippen molar-refractivity contribution in [2.75, 3.05) is 5.88 Å². The Morgan fingerprint density at radius 3 is 3.00 bits per heavy atom. The van der Waals surface area contributed by atoms with Crippen molar-refractivity contribution in [2.45, 2.75) is 13.0 Å². The lowest BCUT2D eigenvalue weighted by molar-refractivity contribution is 0.633. The van der Waals surface area contributed by atoms with E-state index in [1.807, 2.05) is 6.20 Å². The number of hydrogen-bond acceptors (Lipinski definition) is 3. The second-order valence-electron chi connectivity index (χ2n) is 4.45. The van der Waals surface area contributed by atoms with Crippen LogP contribution in [0.15, 0.2) is 36.7 Å². The van der Waals surface area contributed by atoms with Crippen LogP contribution in [0.1, 0.15) is 11.3 Å². The standard InChI is InChI=1S/C14H12ClFN4/c15-6-5-11-9-20(19-18-11)8-10-3-4-13(16)12-2-1-7-17-14(10)12/h1-4,7,9H,5-6,8H2. The smallest absolute Gasteiger partial charge is 0.132 e. The van der Waals surface area contributed by atoms with Gasteiger partial charge in [0.1, 0.15) is 5.82 Å². The van der Waals surface area contributed by atoms with Gasteiger partial charge in [0.15, 0.2) is 0 Å². The van der Waals surface area contributed by atoms with E-state index in [1.54, 1.807) is 29.1 Å². The van der Waals surface area contributed by atoms with Crippen LogP contribution in [0.3, 0.4) is 0 Å². The first kappa shape index (κ1) is 13.0. The third kappa shape index (κ3) is 2.49. The summed E-state index contributed by atoms with van der Waals surface area (Å²) in [6.45, 7) is 0.503. The molecule has 0 aliphatic rings. The van der Waals surface area contributed by atoms with Crippen molar-refractivity contribution in [3.8, 4) is 0 Å². The highest BCUT2D eigenvalue weighted by molar-refractivity contribution is 6.17. The van der Waals surface area contributed by atoms with Gasteiger partial charge in [-0.25, -0.2) is 9.07 Å². The zero-order valence-electron chi connectivity index (χ0n) is 10.6. The molecule has 0 fully saturated rings. The summed E-state index contributed by atoms with van der Waals surface area (Å²) in [5.74, 6) is 0.248. The second kappa shape index (κ2) is 5.54. The Kier molecular flexibility index (Phi) is 3.60. The first-order chi connectivity index (χ1) is 9.78. The monoisotopic (exact) mass is 290 g/mol. The van der Waals surface area contributed by atoms with Crippen LogP contribution in [0.4, 0.5) is 4.39 Å². The minimum Gasteiger partial charge on any atom is -0.256 e. The van der Waals surface area contributed by atoms with Crippen LogP contribution >= 0.6 is 11.6 Å². The second-order valence-corrected chi connectivity index (χ2v) is 4.83. The topological polar surface area (TPSA) is 43.6 Å². The van der Waals surface area contributed by atoms with Gasteiger partial charge in [-0.15, -0.1) is 16.7 Å². The van der Waals surface area contributed by atoms with E-state index in [9.17, 15) is 4.39 Å². The van der Waals surface area contributed by atoms with Crippen molar-refractivity contribution in [3.63, 3.8) is 0 Å². The van der Waals surface area contributed by atoms with Crippen molar-refractivity contribution in [2.24, 2.45) is 0 Å². The van der Waals surface area contributed by atoms with E-state index in [1.165, 1.54) is 6.07 Å². The van der Waals surface area contributed by atoms with Crippen LogP contribution in [0.2, 0.25) is 0 Å². The number of aromatic nitrogens is 4. The lowest BCUT2D eigenvalue weighted by Crippen LogP contribution is -2.02. The highest BCUT2D eigenvalue weighted by Crippen LogP contribution is 2.20. The molecule has 0 bridgehead atoms. The van der Waals surface area contributed by atoms with E-state index in [0.717, 1.165) is 11.3 Å². The molecule has 0 aliphatic heterocycles. The fourth-order valence-electron chi connectivity index (χ4n) is 2.13. The Balaban J connectivity index is 1.96. The van der Waals surface area contributed by atoms with Crippen LogP contribution < -0.4 is 0 Å². The summed E-state index contributed by atoms with van der Waals surface area (Å²) < 4.78 is 15.4. The molecular formula is C14H12ClFN4. The van der Waals surface area contributed by atoms with Gasteiger partial charge in [0.2, 0.25) is 0 Å². The molecule has 0 aliphatic carbocycles. The van der Waals surface area contributed by atoms with E-state index < -0.39 is 0 Å². The third-order valence-electron chi connectivity index (χ3n) is 3.07. The van der Waals surface area contributed by atoms with Gasteiger partial charge in [0.25, 0.3) is 0 Å². The summed E-state index contributed by atoms with van der Waals surface area (Å²) >= 11 is 5.67. The van der Waals surface area contributed by atoms with Crippen LogP contribution in [0, 0.1) is 5.82 Å². The molecule has 6 heteroatoms. The van der Waals surface area contributed by atoms with Crippen molar-refractivity contribution in [3.05, 3.63) is 53.7 Å². The molecule has 0 atom stereocenters. The number of aryl methyl sites for hydroxylation is 1. The molecular weight excluding hydrogens is 279 g/mol. The molecule has 0 saturated heterocycles. The quantitative estimate of drug-likeness (QED) is 0.694. The molecule has 4 nitrogen and oxygen atoms in total.